The standard InChI is InChI=1S/C16H26N2O3/c1-2-11-9-13-14(10-11)16(20)18(15(13)19)7-8-21-12-3-5-17-6-4-12/h11-14,17H,2-10H2,1H3. The van der Waals surface area contributed by atoms with Gasteiger partial charge in [-0.05, 0) is 44.7 Å². The normalized spacial score (nSPS) is 33.8. The van der Waals surface area contributed by atoms with E-state index in [9.17, 15) is 9.59 Å². The second kappa shape index (κ2) is 6.44. The average Bonchev–Trinajstić information content (AvgIpc) is 3.03. The van der Waals surface area contributed by atoms with Crippen LogP contribution in [0.4, 0.5) is 0 Å². The molecule has 0 radical (unpaired) electrons. The number of fused-ring (bicyclic) bond motifs is 1. The van der Waals surface area contributed by atoms with Crippen molar-refractivity contribution >= 4 is 11.8 Å². The highest BCUT2D eigenvalue weighted by Crippen LogP contribution is 2.44. The molecule has 3 rings (SSSR count). The van der Waals surface area contributed by atoms with Crippen LogP contribution in [-0.2, 0) is 14.3 Å². The van der Waals surface area contributed by atoms with E-state index in [-0.39, 0.29) is 29.8 Å². The highest BCUT2D eigenvalue weighted by molar-refractivity contribution is 6.05. The van der Waals surface area contributed by atoms with Gasteiger partial charge in [-0.2, -0.15) is 0 Å². The zero-order chi connectivity index (χ0) is 14.8. The highest BCUT2D eigenvalue weighted by Gasteiger charge is 2.51. The largest absolute Gasteiger partial charge is 0.376 e. The predicted octanol–water partition coefficient (Wildman–Crippen LogP) is 1.18. The molecule has 2 aliphatic heterocycles. The molecule has 3 aliphatic rings. The van der Waals surface area contributed by atoms with Crippen LogP contribution in [0.1, 0.15) is 39.0 Å². The van der Waals surface area contributed by atoms with E-state index in [1.807, 2.05) is 0 Å². The first-order chi connectivity index (χ1) is 10.2. The fraction of sp³-hybridized carbons (Fsp3) is 0.875. The van der Waals surface area contributed by atoms with E-state index in [4.69, 9.17) is 4.74 Å². The Morgan fingerprint density at radius 1 is 1.14 bits per heavy atom. The number of nitrogens with one attached hydrogen (secondary N) is 1. The van der Waals surface area contributed by atoms with Gasteiger partial charge in [-0.15, -0.1) is 0 Å². The van der Waals surface area contributed by atoms with Gasteiger partial charge >= 0.3 is 0 Å². The fourth-order valence-corrected chi connectivity index (χ4v) is 4.02. The average molecular weight is 294 g/mol. The first-order valence-electron chi connectivity index (χ1n) is 8.38. The summed E-state index contributed by atoms with van der Waals surface area (Å²) >= 11 is 0. The summed E-state index contributed by atoms with van der Waals surface area (Å²) in [6, 6.07) is 0. The van der Waals surface area contributed by atoms with Gasteiger partial charge in [0.05, 0.1) is 31.1 Å². The molecule has 1 saturated carbocycles. The number of rotatable bonds is 5. The maximum Gasteiger partial charge on any atom is 0.233 e. The molecule has 0 spiro atoms. The van der Waals surface area contributed by atoms with Gasteiger partial charge in [-0.3, -0.25) is 14.5 Å². The van der Waals surface area contributed by atoms with E-state index in [2.05, 4.69) is 12.2 Å². The zero-order valence-electron chi connectivity index (χ0n) is 12.8. The van der Waals surface area contributed by atoms with Crippen LogP contribution in [0.15, 0.2) is 0 Å². The van der Waals surface area contributed by atoms with Crippen LogP contribution in [0.3, 0.4) is 0 Å². The molecule has 5 heteroatoms. The number of likely N-dealkylation sites (tertiary alicyclic amines) is 1. The van der Waals surface area contributed by atoms with E-state index in [1.165, 1.54) is 4.90 Å². The van der Waals surface area contributed by atoms with Crippen molar-refractivity contribution in [2.24, 2.45) is 17.8 Å². The van der Waals surface area contributed by atoms with E-state index >= 15 is 0 Å². The van der Waals surface area contributed by atoms with Crippen molar-refractivity contribution in [3.63, 3.8) is 0 Å². The number of carbonyl (C=O) groups is 2. The number of carbonyl (C=O) groups excluding carboxylic acids is 2. The molecule has 2 atom stereocenters. The van der Waals surface area contributed by atoms with Crippen LogP contribution in [-0.4, -0.2) is 49.1 Å². The van der Waals surface area contributed by atoms with Gasteiger partial charge in [0.15, 0.2) is 0 Å². The summed E-state index contributed by atoms with van der Waals surface area (Å²) in [5.41, 5.74) is 0. The van der Waals surface area contributed by atoms with Crippen molar-refractivity contribution in [2.45, 2.75) is 45.1 Å². The van der Waals surface area contributed by atoms with E-state index in [1.54, 1.807) is 0 Å². The van der Waals surface area contributed by atoms with Gasteiger partial charge in [0, 0.05) is 0 Å². The van der Waals surface area contributed by atoms with Gasteiger partial charge in [0.2, 0.25) is 11.8 Å². The number of imide groups is 1. The number of nitrogens with zero attached hydrogens (tertiary/aromatic N) is 1. The van der Waals surface area contributed by atoms with Crippen LogP contribution in [0.5, 0.6) is 0 Å². The fourth-order valence-electron chi connectivity index (χ4n) is 4.02. The third-order valence-corrected chi connectivity index (χ3v) is 5.36. The lowest BCUT2D eigenvalue weighted by Crippen LogP contribution is -2.37. The molecule has 0 aromatic rings. The molecule has 2 saturated heterocycles. The number of ether oxygens (including phenoxy) is 1. The summed E-state index contributed by atoms with van der Waals surface area (Å²) in [7, 11) is 0. The number of piperidine rings is 1. The molecule has 118 valence electrons. The van der Waals surface area contributed by atoms with Crippen molar-refractivity contribution in [1.29, 1.82) is 0 Å². The molecule has 3 fully saturated rings. The summed E-state index contributed by atoms with van der Waals surface area (Å²) in [6.07, 6.45) is 5.20. The van der Waals surface area contributed by atoms with Gasteiger partial charge in [0.1, 0.15) is 0 Å². The highest BCUT2D eigenvalue weighted by atomic mass is 16.5. The van der Waals surface area contributed by atoms with Crippen molar-refractivity contribution in [3.05, 3.63) is 0 Å². The van der Waals surface area contributed by atoms with Gasteiger partial charge < -0.3 is 10.1 Å². The lowest BCUT2D eigenvalue weighted by molar-refractivity contribution is -0.141. The van der Waals surface area contributed by atoms with E-state index in [0.29, 0.717) is 19.1 Å². The maximum atomic E-state index is 12.4. The number of hydrogen-bond donors (Lipinski definition) is 1. The van der Waals surface area contributed by atoms with Crippen molar-refractivity contribution in [1.82, 2.24) is 10.2 Å². The maximum absolute atomic E-state index is 12.4. The molecule has 0 aromatic carbocycles. The van der Waals surface area contributed by atoms with Gasteiger partial charge in [0.25, 0.3) is 0 Å². The van der Waals surface area contributed by atoms with Gasteiger partial charge in [-0.1, -0.05) is 13.3 Å². The summed E-state index contributed by atoms with van der Waals surface area (Å²) in [5, 5.41) is 3.30. The lowest BCUT2D eigenvalue weighted by Gasteiger charge is -2.24. The predicted molar refractivity (Wildman–Crippen MR) is 78.6 cm³/mol. The first-order valence-corrected chi connectivity index (χ1v) is 8.38. The number of amides is 2. The molecular weight excluding hydrogens is 268 g/mol. The molecule has 1 N–H and O–H groups in total. The van der Waals surface area contributed by atoms with Crippen molar-refractivity contribution in [2.75, 3.05) is 26.2 Å². The summed E-state index contributed by atoms with van der Waals surface area (Å²) < 4.78 is 5.82. The van der Waals surface area contributed by atoms with Gasteiger partial charge in [-0.25, -0.2) is 0 Å². The minimum absolute atomic E-state index is 0.0404. The van der Waals surface area contributed by atoms with Crippen LogP contribution in [0.25, 0.3) is 0 Å². The lowest BCUT2D eigenvalue weighted by atomic mass is 10.00. The molecule has 5 nitrogen and oxygen atoms in total. The third-order valence-electron chi connectivity index (χ3n) is 5.36. The quantitative estimate of drug-likeness (QED) is 0.774. The Morgan fingerprint density at radius 2 is 1.76 bits per heavy atom. The Bertz CT molecular complexity index is 382. The van der Waals surface area contributed by atoms with Crippen LogP contribution >= 0.6 is 0 Å². The minimum Gasteiger partial charge on any atom is -0.376 e. The first kappa shape index (κ1) is 15.0. The minimum atomic E-state index is -0.0404. The Kier molecular flexibility index (Phi) is 4.60. The van der Waals surface area contributed by atoms with E-state index in [0.717, 1.165) is 45.2 Å². The van der Waals surface area contributed by atoms with Crippen LogP contribution < -0.4 is 5.32 Å². The van der Waals surface area contributed by atoms with Crippen LogP contribution in [0.2, 0.25) is 0 Å². The second-order valence-corrected chi connectivity index (χ2v) is 6.61. The summed E-state index contributed by atoms with van der Waals surface area (Å²) in [4.78, 5) is 26.2. The Balaban J connectivity index is 1.48. The zero-order valence-corrected chi connectivity index (χ0v) is 12.8. The molecule has 2 unspecified atom stereocenters. The monoisotopic (exact) mass is 294 g/mol. The SMILES string of the molecule is CCC1CC2C(=O)N(CCOC3CCNCC3)C(=O)C2C1. The van der Waals surface area contributed by atoms with Crippen molar-refractivity contribution in [3.8, 4) is 0 Å². The van der Waals surface area contributed by atoms with Crippen molar-refractivity contribution < 1.29 is 14.3 Å². The molecule has 2 amide bonds. The molecule has 1 aliphatic carbocycles. The smallest absolute Gasteiger partial charge is 0.233 e. The summed E-state index contributed by atoms with van der Waals surface area (Å²) in [5.74, 6) is 0.577. The Labute approximate surface area is 126 Å². The topological polar surface area (TPSA) is 58.6 Å². The summed E-state index contributed by atoms with van der Waals surface area (Å²) in [6.45, 7) is 5.05. The molecule has 2 heterocycles. The van der Waals surface area contributed by atoms with Crippen LogP contribution in [0, 0.1) is 17.8 Å². The molecule has 0 bridgehead atoms. The Hall–Kier alpha value is -0.940. The Morgan fingerprint density at radius 3 is 2.33 bits per heavy atom. The molecular formula is C16H26N2O3. The molecule has 0 aromatic heterocycles. The third kappa shape index (κ3) is 2.99. The molecule has 21 heavy (non-hydrogen) atoms. The second-order valence-electron chi connectivity index (χ2n) is 6.61. The number of hydrogen-bond acceptors (Lipinski definition) is 4. The van der Waals surface area contributed by atoms with E-state index < -0.39 is 0 Å².